The number of hydrogen-bond donors (Lipinski definition) is 0. The molecule has 0 spiro atoms. The number of benzene rings is 1. The molecule has 0 unspecified atom stereocenters. The van der Waals surface area contributed by atoms with Crippen LogP contribution in [0.2, 0.25) is 0 Å². The highest BCUT2D eigenvalue weighted by Gasteiger charge is 2.35. The second kappa shape index (κ2) is 5.75. The average Bonchev–Trinajstić information content (AvgIpc) is 3.02. The van der Waals surface area contributed by atoms with E-state index in [-0.39, 0.29) is 17.9 Å². The van der Waals surface area contributed by atoms with Crippen molar-refractivity contribution in [3.63, 3.8) is 0 Å². The summed E-state index contributed by atoms with van der Waals surface area (Å²) < 4.78 is 0. The number of rotatable bonds is 2. The number of nitrogens with zero attached hydrogens (tertiary/aromatic N) is 3. The second-order valence-electron chi connectivity index (χ2n) is 5.80. The lowest BCUT2D eigenvalue weighted by Gasteiger charge is -2.26. The van der Waals surface area contributed by atoms with Gasteiger partial charge < -0.3 is 9.80 Å². The van der Waals surface area contributed by atoms with Crippen molar-refractivity contribution in [1.82, 2.24) is 14.8 Å². The van der Waals surface area contributed by atoms with E-state index in [9.17, 15) is 9.59 Å². The van der Waals surface area contributed by atoms with Gasteiger partial charge in [0.05, 0.1) is 5.52 Å². The maximum absolute atomic E-state index is 12.8. The first-order valence-corrected chi connectivity index (χ1v) is 7.45. The van der Waals surface area contributed by atoms with E-state index in [0.717, 1.165) is 23.7 Å². The second-order valence-corrected chi connectivity index (χ2v) is 5.80. The molecule has 2 heterocycles. The quantitative estimate of drug-likeness (QED) is 0.851. The minimum atomic E-state index is -0.341. The highest BCUT2D eigenvalue weighted by Crippen LogP contribution is 2.23. The van der Waals surface area contributed by atoms with Crippen LogP contribution in [0, 0.1) is 0 Å². The smallest absolute Gasteiger partial charge is 0.254 e. The number of amides is 2. The summed E-state index contributed by atoms with van der Waals surface area (Å²) in [5.41, 5.74) is 1.47. The number of pyridine rings is 1. The van der Waals surface area contributed by atoms with Gasteiger partial charge >= 0.3 is 0 Å². The van der Waals surface area contributed by atoms with E-state index in [1.165, 1.54) is 0 Å². The van der Waals surface area contributed by atoms with Gasteiger partial charge in [0.15, 0.2) is 0 Å². The highest BCUT2D eigenvalue weighted by atomic mass is 16.2. The van der Waals surface area contributed by atoms with Crippen LogP contribution in [-0.4, -0.2) is 53.3 Å². The van der Waals surface area contributed by atoms with E-state index in [1.807, 2.05) is 24.3 Å². The van der Waals surface area contributed by atoms with Gasteiger partial charge in [-0.2, -0.15) is 0 Å². The summed E-state index contributed by atoms with van der Waals surface area (Å²) in [5.74, 6) is -0.0863. The molecular weight excluding hydrogens is 278 g/mol. The summed E-state index contributed by atoms with van der Waals surface area (Å²) in [6.45, 7) is 0.633. The Labute approximate surface area is 129 Å². The first-order chi connectivity index (χ1) is 10.6. The first-order valence-electron chi connectivity index (χ1n) is 7.45. The predicted octanol–water partition coefficient (Wildman–Crippen LogP) is 1.93. The van der Waals surface area contributed by atoms with Crippen LogP contribution in [0.5, 0.6) is 0 Å². The minimum absolute atomic E-state index is 0.00620. The van der Waals surface area contributed by atoms with Crippen LogP contribution < -0.4 is 0 Å². The van der Waals surface area contributed by atoms with E-state index >= 15 is 0 Å². The molecule has 1 fully saturated rings. The zero-order valence-corrected chi connectivity index (χ0v) is 12.8. The zero-order chi connectivity index (χ0) is 15.7. The first kappa shape index (κ1) is 14.5. The molecule has 1 aliphatic rings. The van der Waals surface area contributed by atoms with Gasteiger partial charge in [-0.25, -0.2) is 0 Å². The highest BCUT2D eigenvalue weighted by molar-refractivity contribution is 6.00. The summed E-state index contributed by atoms with van der Waals surface area (Å²) in [4.78, 5) is 32.5. The molecule has 0 aliphatic carbocycles. The standard InChI is InChI=1S/C17H19N3O2/c1-19(2)17(22)15-6-4-10-20(15)16(21)13-7-8-14-12(11-13)5-3-9-18-14/h3,5,7-9,11,15H,4,6,10H2,1-2H3/t15-/m1/s1. The molecule has 0 saturated carbocycles. The summed E-state index contributed by atoms with van der Waals surface area (Å²) >= 11 is 0. The predicted molar refractivity (Wildman–Crippen MR) is 84.5 cm³/mol. The number of likely N-dealkylation sites (tertiary alicyclic amines) is 1. The summed E-state index contributed by atoms with van der Waals surface area (Å²) in [5, 5.41) is 0.933. The Balaban J connectivity index is 1.89. The maximum Gasteiger partial charge on any atom is 0.254 e. The van der Waals surface area contributed by atoms with Gasteiger partial charge in [0.2, 0.25) is 5.91 Å². The molecule has 2 amide bonds. The van der Waals surface area contributed by atoms with Crippen LogP contribution >= 0.6 is 0 Å². The lowest BCUT2D eigenvalue weighted by molar-refractivity contribution is -0.132. The number of aromatic nitrogens is 1. The van der Waals surface area contributed by atoms with Crippen LogP contribution in [0.25, 0.3) is 10.9 Å². The Morgan fingerprint density at radius 1 is 1.27 bits per heavy atom. The van der Waals surface area contributed by atoms with Gasteiger partial charge in [-0.15, -0.1) is 0 Å². The van der Waals surface area contributed by atoms with Crippen LogP contribution in [-0.2, 0) is 4.79 Å². The summed E-state index contributed by atoms with van der Waals surface area (Å²) in [6.07, 6.45) is 3.33. The van der Waals surface area contributed by atoms with Crippen molar-refractivity contribution in [2.45, 2.75) is 18.9 Å². The van der Waals surface area contributed by atoms with E-state index in [4.69, 9.17) is 0 Å². The molecule has 3 rings (SSSR count). The van der Waals surface area contributed by atoms with E-state index in [0.29, 0.717) is 12.1 Å². The third-order valence-corrected chi connectivity index (χ3v) is 4.09. The molecule has 0 radical (unpaired) electrons. The lowest BCUT2D eigenvalue weighted by Crippen LogP contribution is -2.45. The van der Waals surface area contributed by atoms with Gasteiger partial charge in [-0.3, -0.25) is 14.6 Å². The Hall–Kier alpha value is -2.43. The normalized spacial score (nSPS) is 17.7. The van der Waals surface area contributed by atoms with E-state index in [1.54, 1.807) is 36.2 Å². The molecule has 1 aliphatic heterocycles. The number of carbonyl (C=O) groups excluding carboxylic acids is 2. The number of hydrogen-bond acceptors (Lipinski definition) is 3. The Morgan fingerprint density at radius 2 is 2.09 bits per heavy atom. The van der Waals surface area contributed by atoms with E-state index in [2.05, 4.69) is 4.98 Å². The SMILES string of the molecule is CN(C)C(=O)[C@H]1CCCN1C(=O)c1ccc2ncccc2c1. The Morgan fingerprint density at radius 3 is 2.86 bits per heavy atom. The van der Waals surface area contributed by atoms with E-state index < -0.39 is 0 Å². The molecule has 1 aromatic carbocycles. The zero-order valence-electron chi connectivity index (χ0n) is 12.8. The van der Waals surface area contributed by atoms with Gasteiger partial charge in [0, 0.05) is 37.8 Å². The molecule has 1 saturated heterocycles. The summed E-state index contributed by atoms with van der Waals surface area (Å²) in [6, 6.07) is 8.93. The Bertz CT molecular complexity index is 727. The monoisotopic (exact) mass is 297 g/mol. The lowest BCUT2D eigenvalue weighted by atomic mass is 10.1. The number of fused-ring (bicyclic) bond motifs is 1. The third-order valence-electron chi connectivity index (χ3n) is 4.09. The maximum atomic E-state index is 12.8. The third kappa shape index (κ3) is 2.54. The number of carbonyl (C=O) groups is 2. The van der Waals surface area contributed by atoms with Crippen molar-refractivity contribution >= 4 is 22.7 Å². The topological polar surface area (TPSA) is 53.5 Å². The van der Waals surface area contributed by atoms with Crippen molar-refractivity contribution in [3.8, 4) is 0 Å². The fraction of sp³-hybridized carbons (Fsp3) is 0.353. The van der Waals surface area contributed by atoms with Crippen molar-refractivity contribution < 1.29 is 9.59 Å². The molecule has 0 bridgehead atoms. The molecule has 114 valence electrons. The van der Waals surface area contributed by atoms with Crippen molar-refractivity contribution in [2.24, 2.45) is 0 Å². The molecular formula is C17H19N3O2. The largest absolute Gasteiger partial charge is 0.347 e. The average molecular weight is 297 g/mol. The molecule has 5 heteroatoms. The van der Waals surface area contributed by atoms with Crippen molar-refractivity contribution in [1.29, 1.82) is 0 Å². The van der Waals surface area contributed by atoms with Gasteiger partial charge in [-0.05, 0) is 37.1 Å². The van der Waals surface area contributed by atoms with Crippen LogP contribution in [0.4, 0.5) is 0 Å². The Kier molecular flexibility index (Phi) is 3.79. The minimum Gasteiger partial charge on any atom is -0.347 e. The van der Waals surface area contributed by atoms with Crippen LogP contribution in [0.15, 0.2) is 36.5 Å². The van der Waals surface area contributed by atoms with Crippen molar-refractivity contribution in [2.75, 3.05) is 20.6 Å². The molecule has 5 nitrogen and oxygen atoms in total. The molecule has 0 N–H and O–H groups in total. The molecule has 22 heavy (non-hydrogen) atoms. The molecule has 1 aromatic heterocycles. The van der Waals surface area contributed by atoms with Crippen molar-refractivity contribution in [3.05, 3.63) is 42.1 Å². The molecule has 1 atom stereocenters. The summed E-state index contributed by atoms with van der Waals surface area (Å²) in [7, 11) is 3.45. The fourth-order valence-electron chi connectivity index (χ4n) is 2.94. The van der Waals surface area contributed by atoms with Crippen LogP contribution in [0.1, 0.15) is 23.2 Å². The van der Waals surface area contributed by atoms with Gasteiger partial charge in [0.25, 0.3) is 5.91 Å². The van der Waals surface area contributed by atoms with Crippen LogP contribution in [0.3, 0.4) is 0 Å². The molecule has 2 aromatic rings. The van der Waals surface area contributed by atoms with Gasteiger partial charge in [-0.1, -0.05) is 6.07 Å². The fourth-order valence-corrected chi connectivity index (χ4v) is 2.94. The van der Waals surface area contributed by atoms with Gasteiger partial charge in [0.1, 0.15) is 6.04 Å². The number of likely N-dealkylation sites (N-methyl/N-ethyl adjacent to an activating group) is 1.